The minimum absolute atomic E-state index is 0.148. The number of alkyl halides is 1. The van der Waals surface area contributed by atoms with Gasteiger partial charge in [-0.1, -0.05) is 35.9 Å². The highest BCUT2D eigenvalue weighted by atomic mass is 35.5. The van der Waals surface area contributed by atoms with Gasteiger partial charge in [-0.2, -0.15) is 15.2 Å². The van der Waals surface area contributed by atoms with Crippen LogP contribution >= 0.6 is 11.6 Å². The van der Waals surface area contributed by atoms with E-state index in [0.717, 1.165) is 46.6 Å². The number of allylic oxidation sites excluding steroid dienone is 1. The molecule has 6 rings (SSSR count). The van der Waals surface area contributed by atoms with E-state index in [9.17, 15) is 19.6 Å². The van der Waals surface area contributed by atoms with Crippen molar-refractivity contribution in [2.75, 3.05) is 62.9 Å². The largest absolute Gasteiger partial charge is 0.463 e. The molecule has 0 bridgehead atoms. The van der Waals surface area contributed by atoms with Crippen LogP contribution in [-0.2, 0) is 17.8 Å². The maximum absolute atomic E-state index is 12.8. The van der Waals surface area contributed by atoms with Gasteiger partial charge in [0.15, 0.2) is 0 Å². The number of amides is 1. The Morgan fingerprint density at radius 3 is 2.76 bits per heavy atom. The first-order chi connectivity index (χ1) is 21.9. The van der Waals surface area contributed by atoms with E-state index in [-0.39, 0.29) is 30.3 Å². The monoisotopic (exact) mass is 633 g/mol. The number of piperazine rings is 1. The van der Waals surface area contributed by atoms with E-state index >= 15 is 0 Å². The number of likely N-dealkylation sites (tertiary alicyclic amines) is 1. The van der Waals surface area contributed by atoms with Gasteiger partial charge in [0.05, 0.1) is 42.4 Å². The lowest BCUT2D eigenvalue weighted by Crippen LogP contribution is -2.55. The standard InChI is InChI=1S/C33H37ClFN7O3/c1-39-18-22(17-30(39)44)21-45-33-37-27-20-40(28-8-3-6-23-5-2-7-26(34)31(23)28)14-11-25(27)32(38-33)41-15-16-42(24(19-41)10-13-36)29(43)9-4-12-35/h2-9,22,24,30,44H,10-12,14-21H2,1H3/b9-4+/t22?,24-,30?/m0/s1. The molecule has 0 radical (unpaired) electrons. The zero-order valence-electron chi connectivity index (χ0n) is 25.3. The molecule has 0 saturated carbocycles. The number of hydrogen-bond acceptors (Lipinski definition) is 9. The van der Waals surface area contributed by atoms with Gasteiger partial charge in [0.2, 0.25) is 5.91 Å². The molecule has 0 aliphatic carbocycles. The number of rotatable bonds is 8. The van der Waals surface area contributed by atoms with E-state index in [1.807, 2.05) is 30.1 Å². The molecule has 3 aromatic rings. The van der Waals surface area contributed by atoms with Crippen molar-refractivity contribution >= 4 is 39.8 Å². The van der Waals surface area contributed by atoms with Gasteiger partial charge in [0.25, 0.3) is 0 Å². The summed E-state index contributed by atoms with van der Waals surface area (Å²) < 4.78 is 18.9. The molecule has 236 valence electrons. The minimum atomic E-state index is -0.720. The number of carbonyl (C=O) groups excluding carboxylic acids is 1. The third-order valence-corrected chi connectivity index (χ3v) is 9.30. The van der Waals surface area contributed by atoms with Gasteiger partial charge in [0.1, 0.15) is 18.7 Å². The van der Waals surface area contributed by atoms with Gasteiger partial charge < -0.3 is 24.5 Å². The second-order valence-corrected chi connectivity index (χ2v) is 12.3. The highest BCUT2D eigenvalue weighted by molar-refractivity contribution is 6.36. The number of hydrogen-bond donors (Lipinski definition) is 1. The SMILES string of the molecule is CN1CC(COc2nc3c(c(N4CCN(C(=O)/C=C/CF)[C@@H](CC#N)C4)n2)CCN(c2cccc4cccc(Cl)c24)C3)CC1O. The molecule has 0 spiro atoms. The van der Waals surface area contributed by atoms with Crippen LogP contribution in [0.5, 0.6) is 6.01 Å². The van der Waals surface area contributed by atoms with E-state index in [2.05, 4.69) is 34.1 Å². The number of carbonyl (C=O) groups is 1. The maximum Gasteiger partial charge on any atom is 0.318 e. The summed E-state index contributed by atoms with van der Waals surface area (Å²) in [5, 5.41) is 22.5. The molecule has 2 aromatic carbocycles. The fraction of sp³-hybridized carbons (Fsp3) is 0.455. The van der Waals surface area contributed by atoms with Gasteiger partial charge in [-0.05, 0) is 43.5 Å². The Kier molecular flexibility index (Phi) is 9.35. The Hall–Kier alpha value is -3.98. The second-order valence-electron chi connectivity index (χ2n) is 11.9. The molecule has 10 nitrogen and oxygen atoms in total. The van der Waals surface area contributed by atoms with Crippen molar-refractivity contribution in [3.63, 3.8) is 0 Å². The number of aliphatic hydroxyl groups excluding tert-OH is 1. The normalized spacial score (nSPS) is 22.2. The molecule has 1 amide bonds. The van der Waals surface area contributed by atoms with Gasteiger partial charge in [0, 0.05) is 61.4 Å². The first kappa shape index (κ1) is 31.0. The third kappa shape index (κ3) is 6.54. The van der Waals surface area contributed by atoms with Crippen molar-refractivity contribution < 1.29 is 19.0 Å². The zero-order valence-corrected chi connectivity index (χ0v) is 26.0. The molecule has 2 saturated heterocycles. The summed E-state index contributed by atoms with van der Waals surface area (Å²) in [4.78, 5) is 30.5. The molecule has 45 heavy (non-hydrogen) atoms. The van der Waals surface area contributed by atoms with Crippen molar-refractivity contribution in [2.45, 2.75) is 38.1 Å². The van der Waals surface area contributed by atoms with Gasteiger partial charge >= 0.3 is 6.01 Å². The third-order valence-electron chi connectivity index (χ3n) is 8.98. The summed E-state index contributed by atoms with van der Waals surface area (Å²) in [5.41, 5.74) is 2.92. The van der Waals surface area contributed by atoms with E-state index in [1.54, 1.807) is 4.90 Å². The van der Waals surface area contributed by atoms with Crippen molar-refractivity contribution in [1.29, 1.82) is 5.26 Å². The van der Waals surface area contributed by atoms with E-state index < -0.39 is 12.9 Å². The summed E-state index contributed by atoms with van der Waals surface area (Å²) in [6.07, 6.45) is 3.40. The molecule has 12 heteroatoms. The molecule has 4 heterocycles. The quantitative estimate of drug-likeness (QED) is 0.369. The summed E-state index contributed by atoms with van der Waals surface area (Å²) in [7, 11) is 1.89. The number of fused-ring (bicyclic) bond motifs is 2. The zero-order chi connectivity index (χ0) is 31.5. The van der Waals surface area contributed by atoms with Crippen LogP contribution in [0.25, 0.3) is 10.8 Å². The van der Waals surface area contributed by atoms with Crippen LogP contribution in [0.4, 0.5) is 15.9 Å². The van der Waals surface area contributed by atoms with Crippen LogP contribution in [0.2, 0.25) is 5.02 Å². The molecule has 1 aromatic heterocycles. The molecular weight excluding hydrogens is 597 g/mol. The summed E-state index contributed by atoms with van der Waals surface area (Å²) in [6.45, 7) is 2.93. The van der Waals surface area contributed by atoms with Gasteiger partial charge in [-0.15, -0.1) is 0 Å². The first-order valence-corrected chi connectivity index (χ1v) is 15.7. The van der Waals surface area contributed by atoms with Crippen LogP contribution in [-0.4, -0.2) is 96.1 Å². The van der Waals surface area contributed by atoms with E-state index in [4.69, 9.17) is 26.3 Å². The number of halogens is 2. The molecule has 1 N–H and O–H groups in total. The maximum atomic E-state index is 12.8. The molecular formula is C33H37ClFN7O3. The van der Waals surface area contributed by atoms with Crippen LogP contribution in [0.1, 0.15) is 24.1 Å². The average Bonchev–Trinajstić information content (AvgIpc) is 3.38. The fourth-order valence-electron chi connectivity index (χ4n) is 6.71. The predicted octanol–water partition coefficient (Wildman–Crippen LogP) is 3.95. The van der Waals surface area contributed by atoms with Crippen molar-refractivity contribution in [3.05, 3.63) is 64.8 Å². The number of aliphatic hydroxyl groups is 1. The Morgan fingerprint density at radius 1 is 1.18 bits per heavy atom. The molecule has 3 aliphatic rings. The van der Waals surface area contributed by atoms with Crippen LogP contribution in [0, 0.1) is 17.2 Å². The molecule has 2 fully saturated rings. The Balaban J connectivity index is 1.32. The van der Waals surface area contributed by atoms with E-state index in [1.165, 1.54) is 12.2 Å². The summed E-state index contributed by atoms with van der Waals surface area (Å²) in [5.74, 6) is 0.604. The number of ether oxygens (including phenoxy) is 1. The number of nitrogens with zero attached hydrogens (tertiary/aromatic N) is 7. The number of nitriles is 1. The van der Waals surface area contributed by atoms with Crippen LogP contribution < -0.4 is 14.5 Å². The highest BCUT2D eigenvalue weighted by Gasteiger charge is 2.34. The second kappa shape index (κ2) is 13.6. The lowest BCUT2D eigenvalue weighted by molar-refractivity contribution is -0.128. The number of benzene rings is 2. The number of aromatic nitrogens is 2. The Bertz CT molecular complexity index is 1620. The smallest absolute Gasteiger partial charge is 0.318 e. The van der Waals surface area contributed by atoms with Crippen molar-refractivity contribution in [1.82, 2.24) is 19.8 Å². The molecule has 3 aliphatic heterocycles. The van der Waals surface area contributed by atoms with Crippen LogP contribution in [0.15, 0.2) is 48.6 Å². The summed E-state index contributed by atoms with van der Waals surface area (Å²) in [6, 6.07) is 14.2. The van der Waals surface area contributed by atoms with Gasteiger partial charge in [-0.25, -0.2) is 4.39 Å². The predicted molar refractivity (Wildman–Crippen MR) is 171 cm³/mol. The van der Waals surface area contributed by atoms with Crippen molar-refractivity contribution in [2.24, 2.45) is 5.92 Å². The first-order valence-electron chi connectivity index (χ1n) is 15.3. The van der Waals surface area contributed by atoms with Crippen molar-refractivity contribution in [3.8, 4) is 12.1 Å². The molecule has 3 atom stereocenters. The molecule has 2 unspecified atom stereocenters. The number of anilines is 2. The minimum Gasteiger partial charge on any atom is -0.463 e. The highest BCUT2D eigenvalue weighted by Crippen LogP contribution is 2.37. The average molecular weight is 634 g/mol. The topological polar surface area (TPSA) is 109 Å². The Labute approximate surface area is 267 Å². The Morgan fingerprint density at radius 2 is 2.00 bits per heavy atom. The van der Waals surface area contributed by atoms with Crippen LogP contribution in [0.3, 0.4) is 0 Å². The lowest BCUT2D eigenvalue weighted by atomic mass is 10.0. The fourth-order valence-corrected chi connectivity index (χ4v) is 6.99. The summed E-state index contributed by atoms with van der Waals surface area (Å²) >= 11 is 6.69. The van der Waals surface area contributed by atoms with E-state index in [0.29, 0.717) is 50.7 Å². The lowest BCUT2D eigenvalue weighted by Gasteiger charge is -2.42. The van der Waals surface area contributed by atoms with Gasteiger partial charge in [-0.3, -0.25) is 9.69 Å².